The van der Waals surface area contributed by atoms with Crippen LogP contribution in [0.25, 0.3) is 11.3 Å². The zero-order valence-corrected chi connectivity index (χ0v) is 13.9. The van der Waals surface area contributed by atoms with E-state index in [0.29, 0.717) is 23.4 Å². The molecule has 0 radical (unpaired) electrons. The quantitative estimate of drug-likeness (QED) is 0.890. The number of fused-ring (bicyclic) bond motifs is 2. The molecule has 2 aliphatic heterocycles. The minimum atomic E-state index is -0.358. The lowest BCUT2D eigenvalue weighted by molar-refractivity contribution is 0.0896. The summed E-state index contributed by atoms with van der Waals surface area (Å²) in [5.41, 5.74) is 0.367. The van der Waals surface area contributed by atoms with E-state index in [1.807, 2.05) is 0 Å². The Morgan fingerprint density at radius 2 is 1.83 bits per heavy atom. The molecule has 6 heteroatoms. The predicted molar refractivity (Wildman–Crippen MR) is 91.8 cm³/mol. The predicted octanol–water partition coefficient (Wildman–Crippen LogP) is 3.52. The van der Waals surface area contributed by atoms with Crippen molar-refractivity contribution in [3.63, 3.8) is 0 Å². The lowest BCUT2D eigenvalue weighted by Gasteiger charge is -2.29. The molecule has 1 amide bonds. The zero-order chi connectivity index (χ0) is 15.8. The third-order valence-corrected chi connectivity index (χ3v) is 4.78. The molecule has 128 valence electrons. The third kappa shape index (κ3) is 3.32. The van der Waals surface area contributed by atoms with Gasteiger partial charge in [-0.05, 0) is 49.9 Å². The van der Waals surface area contributed by atoms with Gasteiger partial charge in [0.15, 0.2) is 5.76 Å². The normalized spacial score (nSPS) is 25.1. The second kappa shape index (κ2) is 6.95. The first-order chi connectivity index (χ1) is 11.2. The van der Waals surface area contributed by atoms with Gasteiger partial charge < -0.3 is 15.1 Å². The van der Waals surface area contributed by atoms with Crippen LogP contribution in [-0.2, 0) is 0 Å². The molecule has 2 fully saturated rings. The molecule has 1 aromatic heterocycles. The van der Waals surface area contributed by atoms with Crippen LogP contribution in [0.3, 0.4) is 0 Å². The summed E-state index contributed by atoms with van der Waals surface area (Å²) in [5.74, 6) is 0.0235. The number of benzene rings is 1. The standard InChI is InChI=1S/C18H19FN2O2.ClH/c19-15-4-2-1-3-14(15)16-7-8-17(23-16)18(22)21-13-9-11-5-6-12(10-13)20-11;/h1-4,7-8,11-13,20H,5-6,9-10H2,(H,21,22);1H. The minimum absolute atomic E-state index is 0. The summed E-state index contributed by atoms with van der Waals surface area (Å²) in [6, 6.07) is 10.8. The maximum Gasteiger partial charge on any atom is 0.287 e. The Labute approximate surface area is 146 Å². The van der Waals surface area contributed by atoms with Crippen LogP contribution in [0.5, 0.6) is 0 Å². The van der Waals surface area contributed by atoms with Crippen LogP contribution in [0.4, 0.5) is 4.39 Å². The highest BCUT2D eigenvalue weighted by molar-refractivity contribution is 5.92. The fourth-order valence-corrected chi connectivity index (χ4v) is 3.70. The molecular formula is C18H20ClFN2O2. The summed E-state index contributed by atoms with van der Waals surface area (Å²) >= 11 is 0. The molecule has 2 unspecified atom stereocenters. The summed E-state index contributed by atoms with van der Waals surface area (Å²) in [5, 5.41) is 6.60. The van der Waals surface area contributed by atoms with Gasteiger partial charge in [0.2, 0.25) is 0 Å². The Morgan fingerprint density at radius 1 is 1.12 bits per heavy atom. The molecule has 2 bridgehead atoms. The highest BCUT2D eigenvalue weighted by Crippen LogP contribution is 2.28. The van der Waals surface area contributed by atoms with Gasteiger partial charge in [-0.1, -0.05) is 12.1 Å². The van der Waals surface area contributed by atoms with E-state index in [0.717, 1.165) is 12.8 Å². The summed E-state index contributed by atoms with van der Waals surface area (Å²) in [4.78, 5) is 12.4. The van der Waals surface area contributed by atoms with Gasteiger partial charge in [0.1, 0.15) is 11.6 Å². The van der Waals surface area contributed by atoms with E-state index < -0.39 is 0 Å². The van der Waals surface area contributed by atoms with Gasteiger partial charge >= 0.3 is 0 Å². The first-order valence-corrected chi connectivity index (χ1v) is 8.10. The van der Waals surface area contributed by atoms with Crippen LogP contribution in [0.1, 0.15) is 36.2 Å². The van der Waals surface area contributed by atoms with Gasteiger partial charge in [0, 0.05) is 18.1 Å². The van der Waals surface area contributed by atoms with Gasteiger partial charge in [-0.15, -0.1) is 12.4 Å². The molecule has 2 saturated heterocycles. The van der Waals surface area contributed by atoms with E-state index >= 15 is 0 Å². The van der Waals surface area contributed by atoms with Crippen molar-refractivity contribution in [3.8, 4) is 11.3 Å². The molecule has 2 N–H and O–H groups in total. The molecule has 0 spiro atoms. The minimum Gasteiger partial charge on any atom is -0.451 e. The van der Waals surface area contributed by atoms with Crippen LogP contribution in [0, 0.1) is 5.82 Å². The number of hydrogen-bond donors (Lipinski definition) is 2. The van der Waals surface area contributed by atoms with Crippen molar-refractivity contribution < 1.29 is 13.6 Å². The molecule has 0 saturated carbocycles. The average Bonchev–Trinajstić information content (AvgIpc) is 3.15. The fraction of sp³-hybridized carbons (Fsp3) is 0.389. The van der Waals surface area contributed by atoms with E-state index in [4.69, 9.17) is 4.42 Å². The number of hydrogen-bond acceptors (Lipinski definition) is 3. The number of rotatable bonds is 3. The highest BCUT2D eigenvalue weighted by Gasteiger charge is 2.34. The molecule has 4 nitrogen and oxygen atoms in total. The maximum atomic E-state index is 13.8. The number of carbonyl (C=O) groups is 1. The largest absolute Gasteiger partial charge is 0.451 e. The smallest absolute Gasteiger partial charge is 0.287 e. The average molecular weight is 351 g/mol. The van der Waals surface area contributed by atoms with E-state index in [1.54, 1.807) is 30.3 Å². The Balaban J connectivity index is 0.00000169. The first-order valence-electron chi connectivity index (χ1n) is 8.10. The fourth-order valence-electron chi connectivity index (χ4n) is 3.70. The number of nitrogens with one attached hydrogen (secondary N) is 2. The number of amides is 1. The second-order valence-electron chi connectivity index (χ2n) is 6.42. The lowest BCUT2D eigenvalue weighted by Crippen LogP contribution is -2.47. The van der Waals surface area contributed by atoms with Crippen LogP contribution < -0.4 is 10.6 Å². The molecule has 2 aromatic rings. The van der Waals surface area contributed by atoms with Crippen LogP contribution in [0.15, 0.2) is 40.8 Å². The Morgan fingerprint density at radius 3 is 2.54 bits per heavy atom. The van der Waals surface area contributed by atoms with Crippen molar-refractivity contribution in [2.24, 2.45) is 0 Å². The summed E-state index contributed by atoms with van der Waals surface area (Å²) < 4.78 is 19.3. The van der Waals surface area contributed by atoms with Crippen LogP contribution >= 0.6 is 12.4 Å². The van der Waals surface area contributed by atoms with E-state index in [1.165, 1.54) is 18.9 Å². The van der Waals surface area contributed by atoms with Crippen molar-refractivity contribution >= 4 is 18.3 Å². The second-order valence-corrected chi connectivity index (χ2v) is 6.42. The van der Waals surface area contributed by atoms with E-state index in [9.17, 15) is 9.18 Å². The Bertz CT molecular complexity index is 721. The molecule has 24 heavy (non-hydrogen) atoms. The number of halogens is 2. The maximum absolute atomic E-state index is 13.8. The van der Waals surface area contributed by atoms with Crippen LogP contribution in [0.2, 0.25) is 0 Å². The van der Waals surface area contributed by atoms with E-state index in [-0.39, 0.29) is 35.9 Å². The van der Waals surface area contributed by atoms with Crippen molar-refractivity contribution in [3.05, 3.63) is 48.0 Å². The number of furan rings is 1. The molecule has 4 rings (SSSR count). The third-order valence-electron chi connectivity index (χ3n) is 4.78. The van der Waals surface area contributed by atoms with Crippen molar-refractivity contribution in [2.45, 2.75) is 43.8 Å². The molecule has 2 atom stereocenters. The molecule has 2 aliphatic rings. The van der Waals surface area contributed by atoms with Gasteiger partial charge in [-0.25, -0.2) is 4.39 Å². The van der Waals surface area contributed by atoms with Crippen LogP contribution in [-0.4, -0.2) is 24.0 Å². The molecule has 0 aliphatic carbocycles. The zero-order valence-electron chi connectivity index (χ0n) is 13.1. The van der Waals surface area contributed by atoms with Gasteiger partial charge in [-0.2, -0.15) is 0 Å². The summed E-state index contributed by atoms with van der Waals surface area (Å²) in [6.45, 7) is 0. The number of carbonyl (C=O) groups excluding carboxylic acids is 1. The Kier molecular flexibility index (Phi) is 4.92. The van der Waals surface area contributed by atoms with Crippen molar-refractivity contribution in [1.29, 1.82) is 0 Å². The van der Waals surface area contributed by atoms with Crippen molar-refractivity contribution in [2.75, 3.05) is 0 Å². The monoisotopic (exact) mass is 350 g/mol. The first kappa shape index (κ1) is 17.0. The molecule has 3 heterocycles. The summed E-state index contributed by atoms with van der Waals surface area (Å²) in [7, 11) is 0. The van der Waals surface area contributed by atoms with Gasteiger partial charge in [0.25, 0.3) is 5.91 Å². The summed E-state index contributed by atoms with van der Waals surface area (Å²) in [6.07, 6.45) is 4.30. The Hall–Kier alpha value is -1.85. The van der Waals surface area contributed by atoms with Gasteiger partial charge in [-0.3, -0.25) is 4.79 Å². The number of piperidine rings is 1. The molecule has 1 aromatic carbocycles. The SMILES string of the molecule is Cl.O=C(NC1CC2CCC(C1)N2)c1ccc(-c2ccccc2F)o1. The van der Waals surface area contributed by atoms with E-state index in [2.05, 4.69) is 10.6 Å². The molecular weight excluding hydrogens is 331 g/mol. The van der Waals surface area contributed by atoms with Crippen molar-refractivity contribution in [1.82, 2.24) is 10.6 Å². The highest BCUT2D eigenvalue weighted by atomic mass is 35.5. The lowest BCUT2D eigenvalue weighted by atomic mass is 10.00. The van der Waals surface area contributed by atoms with Gasteiger partial charge in [0.05, 0.1) is 5.56 Å². The topological polar surface area (TPSA) is 54.3 Å².